The van der Waals surface area contributed by atoms with Crippen LogP contribution in [0.2, 0.25) is 0 Å². The van der Waals surface area contributed by atoms with Crippen molar-refractivity contribution in [3.63, 3.8) is 0 Å². The molecule has 0 radical (unpaired) electrons. The minimum absolute atomic E-state index is 0.0279. The van der Waals surface area contributed by atoms with Crippen molar-refractivity contribution in [1.29, 1.82) is 0 Å². The van der Waals surface area contributed by atoms with Crippen molar-refractivity contribution in [2.75, 3.05) is 6.54 Å². The van der Waals surface area contributed by atoms with E-state index in [-0.39, 0.29) is 12.0 Å². The van der Waals surface area contributed by atoms with Gasteiger partial charge in [-0.15, -0.1) is 0 Å². The Bertz CT molecular complexity index is 336. The molecule has 1 aliphatic carbocycles. The fraction of sp³-hybridized carbons (Fsp3) is 0.667. The molecule has 0 aromatic carbocycles. The highest BCUT2D eigenvalue weighted by Gasteiger charge is 2.22. The molecular formula is C15H24N2O. The molecule has 2 rings (SSSR count). The smallest absolute Gasteiger partial charge is 0.0621 e. The molecule has 3 N–H and O–H groups in total. The van der Waals surface area contributed by atoms with E-state index in [9.17, 15) is 5.11 Å². The first kappa shape index (κ1) is 13.5. The maximum Gasteiger partial charge on any atom is 0.0621 e. The SMILES string of the molecule is NCC(c1cccnc1)C(O)CCC1CCCC1. The lowest BCUT2D eigenvalue weighted by Gasteiger charge is -2.22. The van der Waals surface area contributed by atoms with Crippen LogP contribution in [-0.4, -0.2) is 22.7 Å². The van der Waals surface area contributed by atoms with E-state index < -0.39 is 0 Å². The molecule has 2 unspecified atom stereocenters. The predicted octanol–water partition coefficient (Wildman–Crippen LogP) is 2.46. The average Bonchev–Trinajstić information content (AvgIpc) is 2.92. The van der Waals surface area contributed by atoms with Crippen molar-refractivity contribution in [1.82, 2.24) is 4.98 Å². The van der Waals surface area contributed by atoms with Crippen LogP contribution in [0.25, 0.3) is 0 Å². The molecule has 0 amide bonds. The number of nitrogens with zero attached hydrogens (tertiary/aromatic N) is 1. The maximum absolute atomic E-state index is 10.3. The fourth-order valence-corrected chi connectivity index (χ4v) is 3.02. The Balaban J connectivity index is 1.87. The molecule has 2 atom stereocenters. The van der Waals surface area contributed by atoms with E-state index >= 15 is 0 Å². The summed E-state index contributed by atoms with van der Waals surface area (Å²) in [6.45, 7) is 0.484. The third kappa shape index (κ3) is 3.53. The third-order valence-electron chi connectivity index (χ3n) is 4.18. The minimum Gasteiger partial charge on any atom is -0.392 e. The van der Waals surface area contributed by atoms with Crippen LogP contribution < -0.4 is 5.73 Å². The molecule has 18 heavy (non-hydrogen) atoms. The number of aliphatic hydroxyl groups is 1. The Morgan fingerprint density at radius 2 is 2.17 bits per heavy atom. The van der Waals surface area contributed by atoms with E-state index in [4.69, 9.17) is 5.73 Å². The number of hydrogen-bond donors (Lipinski definition) is 2. The molecule has 1 heterocycles. The predicted molar refractivity (Wildman–Crippen MR) is 73.2 cm³/mol. The van der Waals surface area contributed by atoms with Crippen molar-refractivity contribution in [2.45, 2.75) is 50.5 Å². The summed E-state index contributed by atoms with van der Waals surface area (Å²) in [6, 6.07) is 3.91. The number of pyridine rings is 1. The summed E-state index contributed by atoms with van der Waals surface area (Å²) < 4.78 is 0. The first-order valence-electron chi connectivity index (χ1n) is 7.09. The fourth-order valence-electron chi connectivity index (χ4n) is 3.02. The lowest BCUT2D eigenvalue weighted by molar-refractivity contribution is 0.127. The van der Waals surface area contributed by atoms with Crippen molar-refractivity contribution in [2.24, 2.45) is 11.7 Å². The number of hydrogen-bond acceptors (Lipinski definition) is 3. The molecule has 100 valence electrons. The van der Waals surface area contributed by atoms with Gasteiger partial charge in [-0.3, -0.25) is 4.98 Å². The van der Waals surface area contributed by atoms with Gasteiger partial charge >= 0.3 is 0 Å². The van der Waals surface area contributed by atoms with E-state index in [1.807, 2.05) is 18.3 Å². The first-order chi connectivity index (χ1) is 8.81. The number of aromatic nitrogens is 1. The molecule has 1 aromatic heterocycles. The van der Waals surface area contributed by atoms with Gasteiger partial charge in [-0.1, -0.05) is 31.7 Å². The van der Waals surface area contributed by atoms with Crippen LogP contribution in [0.3, 0.4) is 0 Å². The first-order valence-corrected chi connectivity index (χ1v) is 7.09. The Morgan fingerprint density at radius 3 is 2.78 bits per heavy atom. The third-order valence-corrected chi connectivity index (χ3v) is 4.18. The zero-order valence-corrected chi connectivity index (χ0v) is 11.0. The molecule has 0 spiro atoms. The maximum atomic E-state index is 10.3. The van der Waals surface area contributed by atoms with Gasteiger partial charge in [-0.2, -0.15) is 0 Å². The minimum atomic E-state index is -0.334. The van der Waals surface area contributed by atoms with Gasteiger partial charge < -0.3 is 10.8 Å². The van der Waals surface area contributed by atoms with Gasteiger partial charge in [0, 0.05) is 24.9 Å². The van der Waals surface area contributed by atoms with Crippen LogP contribution in [0.1, 0.15) is 50.0 Å². The summed E-state index contributed by atoms with van der Waals surface area (Å²) in [7, 11) is 0. The zero-order valence-electron chi connectivity index (χ0n) is 11.0. The highest BCUT2D eigenvalue weighted by molar-refractivity contribution is 5.16. The van der Waals surface area contributed by atoms with Crippen LogP contribution >= 0.6 is 0 Å². The summed E-state index contributed by atoms with van der Waals surface area (Å²) in [5, 5.41) is 10.3. The number of rotatable bonds is 6. The molecule has 3 nitrogen and oxygen atoms in total. The van der Waals surface area contributed by atoms with Gasteiger partial charge in [0.1, 0.15) is 0 Å². The Morgan fingerprint density at radius 1 is 1.39 bits per heavy atom. The van der Waals surface area contributed by atoms with Crippen molar-refractivity contribution >= 4 is 0 Å². The van der Waals surface area contributed by atoms with E-state index in [1.165, 1.54) is 25.7 Å². The molecule has 1 aromatic rings. The average molecular weight is 248 g/mol. The molecule has 1 saturated carbocycles. The number of aliphatic hydroxyl groups excluding tert-OH is 1. The largest absolute Gasteiger partial charge is 0.392 e. The molecular weight excluding hydrogens is 224 g/mol. The van der Waals surface area contributed by atoms with Crippen LogP contribution in [0.15, 0.2) is 24.5 Å². The highest BCUT2D eigenvalue weighted by Crippen LogP contribution is 2.30. The second-order valence-electron chi connectivity index (χ2n) is 5.42. The second-order valence-corrected chi connectivity index (χ2v) is 5.42. The standard InChI is InChI=1S/C15H24N2O/c16-10-14(13-6-3-9-17-11-13)15(18)8-7-12-4-1-2-5-12/h3,6,9,11-12,14-15,18H,1-2,4-5,7-8,10,16H2. The topological polar surface area (TPSA) is 59.1 Å². The zero-order chi connectivity index (χ0) is 12.8. The molecule has 3 heteroatoms. The van der Waals surface area contributed by atoms with Crippen LogP contribution in [-0.2, 0) is 0 Å². The summed E-state index contributed by atoms with van der Waals surface area (Å²) in [5.41, 5.74) is 6.86. The number of nitrogens with two attached hydrogens (primary N) is 1. The summed E-state index contributed by atoms with van der Waals surface area (Å²) in [4.78, 5) is 4.11. The van der Waals surface area contributed by atoms with E-state index in [0.717, 1.165) is 24.3 Å². The van der Waals surface area contributed by atoms with Gasteiger partial charge in [0.25, 0.3) is 0 Å². The molecule has 0 bridgehead atoms. The normalized spacial score (nSPS) is 19.9. The van der Waals surface area contributed by atoms with Gasteiger partial charge in [-0.05, 0) is 30.4 Å². The molecule has 0 aliphatic heterocycles. The highest BCUT2D eigenvalue weighted by atomic mass is 16.3. The van der Waals surface area contributed by atoms with Crippen molar-refractivity contribution in [3.8, 4) is 0 Å². The molecule has 1 aliphatic rings. The lowest BCUT2D eigenvalue weighted by Crippen LogP contribution is -2.26. The second kappa shape index (κ2) is 6.86. The van der Waals surface area contributed by atoms with Crippen molar-refractivity contribution in [3.05, 3.63) is 30.1 Å². The molecule has 1 fully saturated rings. The van der Waals surface area contributed by atoms with E-state index in [1.54, 1.807) is 6.20 Å². The Labute approximate surface area is 109 Å². The monoisotopic (exact) mass is 248 g/mol. The summed E-state index contributed by atoms with van der Waals surface area (Å²) in [6.07, 6.45) is 10.6. The summed E-state index contributed by atoms with van der Waals surface area (Å²) >= 11 is 0. The van der Waals surface area contributed by atoms with Crippen LogP contribution in [0.5, 0.6) is 0 Å². The Kier molecular flexibility index (Phi) is 5.14. The van der Waals surface area contributed by atoms with Crippen molar-refractivity contribution < 1.29 is 5.11 Å². The van der Waals surface area contributed by atoms with E-state index in [2.05, 4.69) is 4.98 Å². The summed E-state index contributed by atoms with van der Waals surface area (Å²) in [5.74, 6) is 0.854. The van der Waals surface area contributed by atoms with Gasteiger partial charge in [0.15, 0.2) is 0 Å². The Hall–Kier alpha value is -0.930. The quantitative estimate of drug-likeness (QED) is 0.813. The van der Waals surface area contributed by atoms with Crippen LogP contribution in [0, 0.1) is 5.92 Å². The van der Waals surface area contributed by atoms with Gasteiger partial charge in [0.2, 0.25) is 0 Å². The van der Waals surface area contributed by atoms with E-state index in [0.29, 0.717) is 6.54 Å². The van der Waals surface area contributed by atoms with Crippen LogP contribution in [0.4, 0.5) is 0 Å². The molecule has 0 saturated heterocycles. The van der Waals surface area contributed by atoms with Gasteiger partial charge in [-0.25, -0.2) is 0 Å². The van der Waals surface area contributed by atoms with Gasteiger partial charge in [0.05, 0.1) is 6.10 Å². The lowest BCUT2D eigenvalue weighted by atomic mass is 9.89.